The van der Waals surface area contributed by atoms with Crippen molar-refractivity contribution in [2.24, 2.45) is 11.3 Å². The van der Waals surface area contributed by atoms with Gasteiger partial charge in [0.2, 0.25) is 11.8 Å². The van der Waals surface area contributed by atoms with Crippen LogP contribution in [-0.2, 0) is 15.8 Å². The quantitative estimate of drug-likeness (QED) is 0.675. The van der Waals surface area contributed by atoms with Crippen molar-refractivity contribution in [2.45, 2.75) is 39.8 Å². The highest BCUT2D eigenvalue weighted by Gasteiger charge is 2.35. The van der Waals surface area contributed by atoms with Crippen LogP contribution in [0.25, 0.3) is 0 Å². The summed E-state index contributed by atoms with van der Waals surface area (Å²) in [4.78, 5) is 34.7. The van der Waals surface area contributed by atoms with Crippen molar-refractivity contribution in [3.8, 4) is 0 Å². The first kappa shape index (κ1) is 23.6. The third-order valence-corrected chi connectivity index (χ3v) is 6.09. The molecule has 6 nitrogen and oxygen atoms in total. The van der Waals surface area contributed by atoms with E-state index < -0.39 is 17.2 Å². The van der Waals surface area contributed by atoms with Crippen LogP contribution in [0.2, 0.25) is 5.02 Å². The molecule has 2 aliphatic rings. The molecular formula is C21H28ClF3N4O2. The molecule has 2 amide bonds. The normalized spacial score (nSPS) is 19.0. The Morgan fingerprint density at radius 3 is 2.03 bits per heavy atom. The number of rotatable bonds is 2. The summed E-state index contributed by atoms with van der Waals surface area (Å²) in [6.45, 7) is 8.76. The zero-order valence-corrected chi connectivity index (χ0v) is 18.8. The fraction of sp³-hybridized carbons (Fsp3) is 0.667. The molecule has 172 valence electrons. The Labute approximate surface area is 185 Å². The van der Waals surface area contributed by atoms with Gasteiger partial charge in [0.05, 0.1) is 10.6 Å². The Balaban J connectivity index is 1.53. The van der Waals surface area contributed by atoms with Crippen LogP contribution in [0.1, 0.15) is 39.2 Å². The number of nitrogens with zero attached hydrogens (tertiary/aromatic N) is 4. The molecule has 1 aromatic heterocycles. The molecule has 10 heteroatoms. The number of anilines is 1. The van der Waals surface area contributed by atoms with Gasteiger partial charge in [0.25, 0.3) is 0 Å². The van der Waals surface area contributed by atoms with Crippen molar-refractivity contribution in [3.05, 3.63) is 22.8 Å². The van der Waals surface area contributed by atoms with Crippen LogP contribution in [-0.4, -0.2) is 65.9 Å². The van der Waals surface area contributed by atoms with Crippen LogP contribution in [0.15, 0.2) is 12.3 Å². The van der Waals surface area contributed by atoms with E-state index in [9.17, 15) is 22.8 Å². The highest BCUT2D eigenvalue weighted by Crippen LogP contribution is 2.35. The standard InChI is InChI=1S/C21H28ClF3N4O2/c1-20(2,3)19(31)29-10-8-28(9-11-29)18(30)14-4-6-27(7-5-14)17-16(22)12-15(13-26-17)21(23,24)25/h12-14H,4-11H2,1-3H3. The number of halogens is 4. The van der Waals surface area contributed by atoms with Crippen LogP contribution >= 0.6 is 11.6 Å². The molecule has 1 aromatic rings. The molecule has 2 fully saturated rings. The Hall–Kier alpha value is -2.03. The molecule has 0 atom stereocenters. The molecule has 0 N–H and O–H groups in total. The van der Waals surface area contributed by atoms with Crippen molar-refractivity contribution in [1.82, 2.24) is 14.8 Å². The highest BCUT2D eigenvalue weighted by molar-refractivity contribution is 6.33. The molecule has 2 aliphatic heterocycles. The zero-order valence-electron chi connectivity index (χ0n) is 18.0. The largest absolute Gasteiger partial charge is 0.417 e. The van der Waals surface area contributed by atoms with E-state index in [1.807, 2.05) is 35.5 Å². The lowest BCUT2D eigenvalue weighted by molar-refractivity contribution is -0.146. The molecule has 0 aromatic carbocycles. The van der Waals surface area contributed by atoms with Crippen molar-refractivity contribution in [2.75, 3.05) is 44.2 Å². The van der Waals surface area contributed by atoms with Gasteiger partial charge >= 0.3 is 6.18 Å². The second kappa shape index (κ2) is 8.84. The molecule has 0 saturated carbocycles. The zero-order chi connectivity index (χ0) is 23.0. The van der Waals surface area contributed by atoms with E-state index >= 15 is 0 Å². The van der Waals surface area contributed by atoms with Crippen molar-refractivity contribution >= 4 is 29.2 Å². The summed E-state index contributed by atoms with van der Waals surface area (Å²) in [6.07, 6.45) is -2.54. The minimum atomic E-state index is -4.49. The second-order valence-electron chi connectivity index (χ2n) is 9.16. The minimum Gasteiger partial charge on any atom is -0.355 e. The van der Waals surface area contributed by atoms with Gasteiger partial charge in [-0.1, -0.05) is 32.4 Å². The van der Waals surface area contributed by atoms with Gasteiger partial charge in [-0.05, 0) is 18.9 Å². The summed E-state index contributed by atoms with van der Waals surface area (Å²) in [5.41, 5.74) is -1.32. The van der Waals surface area contributed by atoms with E-state index in [0.29, 0.717) is 57.9 Å². The van der Waals surface area contributed by atoms with Gasteiger partial charge in [0, 0.05) is 56.8 Å². The van der Waals surface area contributed by atoms with Gasteiger partial charge in [-0.3, -0.25) is 9.59 Å². The molecule has 0 radical (unpaired) electrons. The van der Waals surface area contributed by atoms with E-state index in [2.05, 4.69) is 4.98 Å². The number of alkyl halides is 3. The number of pyridine rings is 1. The Morgan fingerprint density at radius 1 is 1.00 bits per heavy atom. The number of hydrogen-bond acceptors (Lipinski definition) is 4. The number of piperazine rings is 1. The highest BCUT2D eigenvalue weighted by atomic mass is 35.5. The Kier molecular flexibility index (Phi) is 6.74. The summed E-state index contributed by atoms with van der Waals surface area (Å²) in [6, 6.07) is 0.888. The summed E-state index contributed by atoms with van der Waals surface area (Å²) in [5.74, 6) is 0.340. The first-order chi connectivity index (χ1) is 14.4. The summed E-state index contributed by atoms with van der Waals surface area (Å²) >= 11 is 6.05. The molecule has 3 heterocycles. The molecule has 31 heavy (non-hydrogen) atoms. The maximum atomic E-state index is 12.9. The van der Waals surface area contributed by atoms with E-state index in [4.69, 9.17) is 11.6 Å². The Morgan fingerprint density at radius 2 is 1.55 bits per heavy atom. The van der Waals surface area contributed by atoms with Gasteiger partial charge in [0.15, 0.2) is 0 Å². The monoisotopic (exact) mass is 460 g/mol. The minimum absolute atomic E-state index is 0.0424. The lowest BCUT2D eigenvalue weighted by Gasteiger charge is -2.40. The average Bonchev–Trinajstić information content (AvgIpc) is 2.71. The number of hydrogen-bond donors (Lipinski definition) is 0. The lowest BCUT2D eigenvalue weighted by atomic mass is 9.93. The number of piperidine rings is 1. The molecule has 3 rings (SSSR count). The average molecular weight is 461 g/mol. The van der Waals surface area contributed by atoms with Crippen LogP contribution < -0.4 is 4.90 Å². The third-order valence-electron chi connectivity index (χ3n) is 5.81. The summed E-state index contributed by atoms with van der Waals surface area (Å²) < 4.78 is 38.4. The molecular weight excluding hydrogens is 433 g/mol. The van der Waals surface area contributed by atoms with Crippen molar-refractivity contribution < 1.29 is 22.8 Å². The smallest absolute Gasteiger partial charge is 0.355 e. The maximum Gasteiger partial charge on any atom is 0.417 e. The summed E-state index contributed by atoms with van der Waals surface area (Å²) in [5, 5.41) is -0.0424. The van der Waals surface area contributed by atoms with E-state index in [0.717, 1.165) is 12.3 Å². The van der Waals surface area contributed by atoms with Crippen molar-refractivity contribution in [3.63, 3.8) is 0 Å². The SMILES string of the molecule is CC(C)(C)C(=O)N1CCN(C(=O)C2CCN(c3ncc(C(F)(F)F)cc3Cl)CC2)CC1. The lowest BCUT2D eigenvalue weighted by Crippen LogP contribution is -2.54. The summed E-state index contributed by atoms with van der Waals surface area (Å²) in [7, 11) is 0. The van der Waals surface area contributed by atoms with E-state index in [-0.39, 0.29) is 22.8 Å². The van der Waals surface area contributed by atoms with Gasteiger partial charge in [0.1, 0.15) is 5.82 Å². The van der Waals surface area contributed by atoms with Gasteiger partial charge in [-0.15, -0.1) is 0 Å². The number of carbonyl (C=O) groups is 2. The topological polar surface area (TPSA) is 56.8 Å². The third kappa shape index (κ3) is 5.42. The van der Waals surface area contributed by atoms with Crippen LogP contribution in [0.5, 0.6) is 0 Å². The molecule has 0 spiro atoms. The molecule has 0 bridgehead atoms. The molecule has 0 aliphatic carbocycles. The molecule has 0 unspecified atom stereocenters. The fourth-order valence-electron chi connectivity index (χ4n) is 4.02. The number of carbonyl (C=O) groups excluding carboxylic acids is 2. The van der Waals surface area contributed by atoms with Crippen LogP contribution in [0, 0.1) is 11.3 Å². The first-order valence-corrected chi connectivity index (χ1v) is 10.8. The van der Waals surface area contributed by atoms with Gasteiger partial charge in [-0.25, -0.2) is 4.98 Å². The number of aromatic nitrogens is 1. The van der Waals surface area contributed by atoms with Crippen LogP contribution in [0.3, 0.4) is 0 Å². The molecule has 2 saturated heterocycles. The Bertz CT molecular complexity index is 825. The van der Waals surface area contributed by atoms with Gasteiger partial charge in [-0.2, -0.15) is 13.2 Å². The van der Waals surface area contributed by atoms with Crippen molar-refractivity contribution in [1.29, 1.82) is 0 Å². The van der Waals surface area contributed by atoms with Gasteiger partial charge < -0.3 is 14.7 Å². The predicted molar refractivity (Wildman–Crippen MR) is 112 cm³/mol. The maximum absolute atomic E-state index is 12.9. The van der Waals surface area contributed by atoms with Crippen LogP contribution in [0.4, 0.5) is 19.0 Å². The van der Waals surface area contributed by atoms with E-state index in [1.54, 1.807) is 0 Å². The second-order valence-corrected chi connectivity index (χ2v) is 9.56. The van der Waals surface area contributed by atoms with E-state index in [1.165, 1.54) is 0 Å². The first-order valence-electron chi connectivity index (χ1n) is 10.4. The fourth-order valence-corrected chi connectivity index (χ4v) is 4.30. The predicted octanol–water partition coefficient (Wildman–Crippen LogP) is 3.69. The number of amides is 2.